The average molecular weight is 368 g/mol. The van der Waals surface area contributed by atoms with E-state index in [0.29, 0.717) is 18.8 Å². The molecule has 0 unspecified atom stereocenters. The van der Waals surface area contributed by atoms with Crippen LogP contribution in [0.1, 0.15) is 49.7 Å². The fourth-order valence-corrected chi connectivity index (χ4v) is 4.33. The lowest BCUT2D eigenvalue weighted by Crippen LogP contribution is -2.20. The number of halogens is 5. The fourth-order valence-electron chi connectivity index (χ4n) is 4.33. The zero-order valence-electron chi connectivity index (χ0n) is 14.1. The first-order chi connectivity index (χ1) is 12.2. The van der Waals surface area contributed by atoms with Crippen LogP contribution in [-0.2, 0) is 6.18 Å². The lowest BCUT2D eigenvalue weighted by Gasteiger charge is -2.34. The van der Waals surface area contributed by atoms with Gasteiger partial charge in [-0.3, -0.25) is 0 Å². The van der Waals surface area contributed by atoms with Crippen LogP contribution in [0.3, 0.4) is 0 Å². The second-order valence-electron chi connectivity index (χ2n) is 7.35. The minimum Gasteiger partial charge on any atom is -0.505 e. The first-order valence-electron chi connectivity index (χ1n) is 8.66. The number of alkyl halides is 3. The summed E-state index contributed by atoms with van der Waals surface area (Å²) in [5, 5.41) is 9.44. The summed E-state index contributed by atoms with van der Waals surface area (Å²) < 4.78 is 69.7. The number of benzene rings is 2. The van der Waals surface area contributed by atoms with Gasteiger partial charge in [0.2, 0.25) is 5.82 Å². The predicted molar refractivity (Wildman–Crippen MR) is 87.8 cm³/mol. The second kappa shape index (κ2) is 5.69. The molecular formula is C20H17F5O. The minimum atomic E-state index is -4.66. The molecule has 0 amide bonds. The van der Waals surface area contributed by atoms with E-state index in [-0.39, 0.29) is 33.7 Å². The van der Waals surface area contributed by atoms with Crippen LogP contribution in [0.4, 0.5) is 22.0 Å². The van der Waals surface area contributed by atoms with Crippen LogP contribution >= 0.6 is 0 Å². The highest BCUT2D eigenvalue weighted by molar-refractivity contribution is 6.05. The smallest absolute Gasteiger partial charge is 0.417 e. The first kappa shape index (κ1) is 17.3. The Morgan fingerprint density at radius 1 is 0.923 bits per heavy atom. The van der Waals surface area contributed by atoms with Crippen molar-refractivity contribution < 1.29 is 27.1 Å². The van der Waals surface area contributed by atoms with Gasteiger partial charge in [-0.25, -0.2) is 4.39 Å². The molecule has 138 valence electrons. The molecular weight excluding hydrogens is 351 g/mol. The summed E-state index contributed by atoms with van der Waals surface area (Å²) in [6.45, 7) is 2.08. The third kappa shape index (κ3) is 2.42. The van der Waals surface area contributed by atoms with E-state index in [2.05, 4.69) is 6.92 Å². The lowest BCUT2D eigenvalue weighted by atomic mass is 9.71. The third-order valence-corrected chi connectivity index (χ3v) is 5.70. The summed E-state index contributed by atoms with van der Waals surface area (Å²) in [4.78, 5) is 0. The molecule has 0 aromatic heterocycles. The molecule has 0 bridgehead atoms. The zero-order valence-corrected chi connectivity index (χ0v) is 14.1. The van der Waals surface area contributed by atoms with Gasteiger partial charge in [0.15, 0.2) is 11.6 Å². The van der Waals surface area contributed by atoms with E-state index in [1.54, 1.807) is 0 Å². The summed E-state index contributed by atoms with van der Waals surface area (Å²) >= 11 is 0. The Bertz CT molecular complexity index is 892. The number of hydrogen-bond acceptors (Lipinski definition) is 1. The molecule has 26 heavy (non-hydrogen) atoms. The molecule has 6 heteroatoms. The van der Waals surface area contributed by atoms with Crippen LogP contribution < -0.4 is 0 Å². The highest BCUT2D eigenvalue weighted by atomic mass is 19.4. The summed E-state index contributed by atoms with van der Waals surface area (Å²) in [5.74, 6) is -3.58. The fraction of sp³-hybridized carbons (Fsp3) is 0.400. The molecule has 0 spiro atoms. The Morgan fingerprint density at radius 3 is 2.19 bits per heavy atom. The molecule has 2 aliphatic carbocycles. The number of fused-ring (bicyclic) bond motifs is 4. The molecule has 1 N–H and O–H groups in total. The monoisotopic (exact) mass is 368 g/mol. The molecule has 2 aliphatic rings. The Morgan fingerprint density at radius 2 is 1.58 bits per heavy atom. The maximum atomic E-state index is 14.3. The summed E-state index contributed by atoms with van der Waals surface area (Å²) in [5.41, 5.74) is -1.03. The van der Waals surface area contributed by atoms with Crippen molar-refractivity contribution in [1.29, 1.82) is 0 Å². The van der Waals surface area contributed by atoms with E-state index in [0.717, 1.165) is 18.9 Å². The molecule has 2 aromatic rings. The van der Waals surface area contributed by atoms with Crippen molar-refractivity contribution in [3.05, 3.63) is 41.0 Å². The van der Waals surface area contributed by atoms with Gasteiger partial charge in [-0.15, -0.1) is 0 Å². The molecule has 0 heterocycles. The topological polar surface area (TPSA) is 20.2 Å². The standard InChI is InChI=1S/C20H17F5O/c1-9-2-4-10(5-3-9)11-6-7-12-13-8-14(26)18(21)19(22)16(13)15(12)17(11)20(23,24)25/h6-10,26H,2-5H2,1H3. The van der Waals surface area contributed by atoms with E-state index >= 15 is 0 Å². The van der Waals surface area contributed by atoms with Gasteiger partial charge in [0.25, 0.3) is 0 Å². The largest absolute Gasteiger partial charge is 0.505 e. The van der Waals surface area contributed by atoms with E-state index in [1.165, 1.54) is 12.1 Å². The Balaban J connectivity index is 1.90. The van der Waals surface area contributed by atoms with Gasteiger partial charge in [0.05, 0.1) is 5.56 Å². The molecule has 0 saturated heterocycles. The van der Waals surface area contributed by atoms with Gasteiger partial charge in [-0.2, -0.15) is 17.6 Å². The van der Waals surface area contributed by atoms with Gasteiger partial charge >= 0.3 is 6.18 Å². The van der Waals surface area contributed by atoms with Crippen molar-refractivity contribution in [3.8, 4) is 28.0 Å². The van der Waals surface area contributed by atoms with Gasteiger partial charge in [-0.05, 0) is 47.4 Å². The quantitative estimate of drug-likeness (QED) is 0.478. The zero-order chi connectivity index (χ0) is 18.8. The highest BCUT2D eigenvalue weighted by Crippen LogP contribution is 2.57. The molecule has 0 aliphatic heterocycles. The number of hydrogen-bond donors (Lipinski definition) is 1. The van der Waals surface area contributed by atoms with E-state index in [4.69, 9.17) is 0 Å². The Labute approximate surface area is 147 Å². The predicted octanol–water partition coefficient (Wildman–Crippen LogP) is 6.63. The van der Waals surface area contributed by atoms with E-state index in [1.807, 2.05) is 0 Å². The van der Waals surface area contributed by atoms with Crippen molar-refractivity contribution in [1.82, 2.24) is 0 Å². The van der Waals surface area contributed by atoms with Crippen molar-refractivity contribution in [2.75, 3.05) is 0 Å². The first-order valence-corrected chi connectivity index (χ1v) is 8.66. The average Bonchev–Trinajstić information content (AvgIpc) is 2.57. The third-order valence-electron chi connectivity index (χ3n) is 5.70. The van der Waals surface area contributed by atoms with Gasteiger partial charge < -0.3 is 5.11 Å². The van der Waals surface area contributed by atoms with Crippen LogP contribution in [0, 0.1) is 17.6 Å². The van der Waals surface area contributed by atoms with Crippen LogP contribution in [0.2, 0.25) is 0 Å². The van der Waals surface area contributed by atoms with Crippen molar-refractivity contribution >= 4 is 0 Å². The number of aromatic hydroxyl groups is 1. The highest BCUT2D eigenvalue weighted by Gasteiger charge is 2.44. The van der Waals surface area contributed by atoms with Crippen molar-refractivity contribution in [3.63, 3.8) is 0 Å². The number of rotatable bonds is 1. The van der Waals surface area contributed by atoms with E-state index in [9.17, 15) is 27.1 Å². The Hall–Kier alpha value is -2.11. The second-order valence-corrected chi connectivity index (χ2v) is 7.35. The molecule has 1 fully saturated rings. The molecule has 1 nitrogen and oxygen atoms in total. The molecule has 1 saturated carbocycles. The van der Waals surface area contributed by atoms with Crippen molar-refractivity contribution in [2.24, 2.45) is 5.92 Å². The van der Waals surface area contributed by atoms with Crippen LogP contribution in [0.5, 0.6) is 5.75 Å². The number of phenolic OH excluding ortho intramolecular Hbond substituents is 1. The molecule has 0 atom stereocenters. The van der Waals surface area contributed by atoms with Gasteiger partial charge in [-0.1, -0.05) is 31.9 Å². The van der Waals surface area contributed by atoms with Crippen LogP contribution in [-0.4, -0.2) is 5.11 Å². The van der Waals surface area contributed by atoms with Crippen molar-refractivity contribution in [2.45, 2.75) is 44.7 Å². The van der Waals surface area contributed by atoms with Gasteiger partial charge in [0.1, 0.15) is 0 Å². The number of phenols is 1. The summed E-state index contributed by atoms with van der Waals surface area (Å²) in [7, 11) is 0. The SMILES string of the molecule is CC1CCC(c2ccc3c(c2C(F)(F)F)-c2c-3cc(O)c(F)c2F)CC1. The van der Waals surface area contributed by atoms with Gasteiger partial charge in [0, 0.05) is 11.1 Å². The maximum Gasteiger partial charge on any atom is 0.417 e. The molecule has 4 rings (SSSR count). The maximum absolute atomic E-state index is 14.3. The normalized spacial score (nSPS) is 21.8. The summed E-state index contributed by atoms with van der Waals surface area (Å²) in [6, 6.07) is 3.97. The Kier molecular flexibility index (Phi) is 3.79. The van der Waals surface area contributed by atoms with Crippen LogP contribution in [0.15, 0.2) is 18.2 Å². The lowest BCUT2D eigenvalue weighted by molar-refractivity contribution is -0.138. The van der Waals surface area contributed by atoms with Crippen LogP contribution in [0.25, 0.3) is 22.3 Å². The minimum absolute atomic E-state index is 0.116. The summed E-state index contributed by atoms with van der Waals surface area (Å²) in [6.07, 6.45) is -1.65. The molecule has 0 radical (unpaired) electrons. The van der Waals surface area contributed by atoms with E-state index < -0.39 is 29.1 Å². The molecule has 2 aromatic carbocycles.